The van der Waals surface area contributed by atoms with Gasteiger partial charge in [-0.2, -0.15) is 0 Å². The lowest BCUT2D eigenvalue weighted by Crippen LogP contribution is -2.30. The minimum absolute atomic E-state index is 0.232. The molecule has 0 saturated carbocycles. The quantitative estimate of drug-likeness (QED) is 0.467. The van der Waals surface area contributed by atoms with E-state index in [2.05, 4.69) is 14.8 Å². The lowest BCUT2D eigenvalue weighted by molar-refractivity contribution is -0.113. The third kappa shape index (κ3) is 4.48. The van der Waals surface area contributed by atoms with Gasteiger partial charge in [-0.05, 0) is 62.8 Å². The number of rotatable bonds is 4. The number of ketones is 2. The van der Waals surface area contributed by atoms with Crippen LogP contribution in [0.25, 0.3) is 16.0 Å². The Kier molecular flexibility index (Phi) is 6.59. The molecule has 3 aliphatic rings. The van der Waals surface area contributed by atoms with E-state index < -0.39 is 0 Å². The molecule has 2 fully saturated rings. The maximum atomic E-state index is 12.9. The number of carbonyl (C=O) groups excluding carboxylic acids is 2. The maximum absolute atomic E-state index is 12.9. The number of hydrogen-bond donors (Lipinski definition) is 0. The highest BCUT2D eigenvalue weighted by molar-refractivity contribution is 7.19. The zero-order chi connectivity index (χ0) is 22.9. The Morgan fingerprint density at radius 2 is 1.52 bits per heavy atom. The van der Waals surface area contributed by atoms with Crippen molar-refractivity contribution in [3.63, 3.8) is 0 Å². The van der Waals surface area contributed by atoms with Crippen LogP contribution in [0, 0.1) is 0 Å². The Bertz CT molecular complexity index is 1160. The van der Waals surface area contributed by atoms with E-state index in [1.165, 1.54) is 31.1 Å². The third-order valence-corrected chi connectivity index (χ3v) is 8.24. The van der Waals surface area contributed by atoms with Gasteiger partial charge in [-0.1, -0.05) is 34.5 Å². The van der Waals surface area contributed by atoms with Gasteiger partial charge in [0, 0.05) is 49.1 Å². The van der Waals surface area contributed by atoms with Crippen LogP contribution in [-0.4, -0.2) is 42.7 Å². The summed E-state index contributed by atoms with van der Waals surface area (Å²) in [6.45, 7) is 3.76. The first kappa shape index (κ1) is 22.6. The molecule has 0 radical (unpaired) electrons. The number of piperidine rings is 2. The highest BCUT2D eigenvalue weighted by Crippen LogP contribution is 2.48. The molecule has 0 atom stereocenters. The molecule has 2 aromatic rings. The van der Waals surface area contributed by atoms with Crippen LogP contribution in [0.1, 0.15) is 44.1 Å². The van der Waals surface area contributed by atoms with Gasteiger partial charge < -0.3 is 9.80 Å². The average Bonchev–Trinajstić information content (AvgIpc) is 3.33. The minimum Gasteiger partial charge on any atom is -0.370 e. The van der Waals surface area contributed by atoms with Crippen LogP contribution >= 0.6 is 34.5 Å². The van der Waals surface area contributed by atoms with Crippen molar-refractivity contribution in [2.24, 2.45) is 0 Å². The van der Waals surface area contributed by atoms with Crippen molar-refractivity contribution < 1.29 is 9.59 Å². The fourth-order valence-electron chi connectivity index (χ4n) is 4.79. The molecule has 3 heterocycles. The molecule has 0 spiro atoms. The van der Waals surface area contributed by atoms with Crippen LogP contribution in [0.3, 0.4) is 0 Å². The van der Waals surface area contributed by atoms with Gasteiger partial charge >= 0.3 is 0 Å². The number of thiazole rings is 1. The van der Waals surface area contributed by atoms with Gasteiger partial charge in [0.05, 0.1) is 20.6 Å². The SMILES string of the molecule is O=C1C=CC(=O)C(c2c(Cl)c(N3CCCCC3)cc(Cl)c2-c2cnc(N3CCCCC3)s2)=C1. The van der Waals surface area contributed by atoms with Crippen LogP contribution in [-0.2, 0) is 9.59 Å². The molecule has 0 unspecified atom stereocenters. The zero-order valence-corrected chi connectivity index (χ0v) is 20.6. The second kappa shape index (κ2) is 9.61. The fraction of sp³-hybridized carbons (Fsp3) is 0.400. The summed E-state index contributed by atoms with van der Waals surface area (Å²) < 4.78 is 0. The van der Waals surface area contributed by atoms with Gasteiger partial charge in [0.15, 0.2) is 16.7 Å². The van der Waals surface area contributed by atoms with E-state index in [0.29, 0.717) is 21.2 Å². The van der Waals surface area contributed by atoms with E-state index in [0.717, 1.165) is 67.6 Å². The predicted octanol–water partition coefficient (Wildman–Crippen LogP) is 6.19. The van der Waals surface area contributed by atoms with Gasteiger partial charge in [-0.15, -0.1) is 0 Å². The zero-order valence-electron chi connectivity index (χ0n) is 18.3. The molecule has 2 saturated heterocycles. The van der Waals surface area contributed by atoms with Crippen molar-refractivity contribution in [3.8, 4) is 10.4 Å². The Labute approximate surface area is 207 Å². The van der Waals surface area contributed by atoms with Crippen molar-refractivity contribution in [1.82, 2.24) is 4.98 Å². The van der Waals surface area contributed by atoms with Gasteiger partial charge in [-0.3, -0.25) is 9.59 Å². The van der Waals surface area contributed by atoms with Crippen LogP contribution in [0.15, 0.2) is 30.5 Å². The predicted molar refractivity (Wildman–Crippen MR) is 137 cm³/mol. The van der Waals surface area contributed by atoms with E-state index in [-0.39, 0.29) is 17.1 Å². The summed E-state index contributed by atoms with van der Waals surface area (Å²) in [6, 6.07) is 1.90. The second-order valence-corrected chi connectivity index (χ2v) is 10.5. The topological polar surface area (TPSA) is 53.5 Å². The Hall–Kier alpha value is -2.15. The third-order valence-electron chi connectivity index (χ3n) is 6.48. The highest BCUT2D eigenvalue weighted by Gasteiger charge is 2.29. The summed E-state index contributed by atoms with van der Waals surface area (Å²) in [5.41, 5.74) is 2.31. The molecule has 1 aromatic heterocycles. The van der Waals surface area contributed by atoms with Gasteiger partial charge in [0.2, 0.25) is 0 Å². The molecule has 1 aliphatic carbocycles. The summed E-state index contributed by atoms with van der Waals surface area (Å²) in [5, 5.41) is 1.93. The molecule has 0 N–H and O–H groups in total. The number of halogens is 2. The highest BCUT2D eigenvalue weighted by atomic mass is 35.5. The first-order valence-corrected chi connectivity index (χ1v) is 13.1. The number of nitrogens with zero attached hydrogens (tertiary/aromatic N) is 3. The molecule has 5 rings (SSSR count). The molecule has 2 aliphatic heterocycles. The summed E-state index contributed by atoms with van der Waals surface area (Å²) in [7, 11) is 0. The molecule has 0 amide bonds. The first-order chi connectivity index (χ1) is 16.0. The van der Waals surface area contributed by atoms with Crippen LogP contribution < -0.4 is 9.80 Å². The van der Waals surface area contributed by atoms with E-state index in [1.807, 2.05) is 12.3 Å². The molecule has 5 nitrogen and oxygen atoms in total. The average molecular weight is 502 g/mol. The van der Waals surface area contributed by atoms with Crippen molar-refractivity contribution in [2.75, 3.05) is 36.0 Å². The Morgan fingerprint density at radius 3 is 2.21 bits per heavy atom. The number of allylic oxidation sites excluding steroid dienone is 4. The van der Waals surface area contributed by atoms with Gasteiger partial charge in [0.25, 0.3) is 0 Å². The number of hydrogen-bond acceptors (Lipinski definition) is 6. The van der Waals surface area contributed by atoms with E-state index >= 15 is 0 Å². The van der Waals surface area contributed by atoms with Crippen molar-refractivity contribution in [1.29, 1.82) is 0 Å². The lowest BCUT2D eigenvalue weighted by Gasteiger charge is -2.31. The minimum atomic E-state index is -0.245. The number of aromatic nitrogens is 1. The number of benzene rings is 1. The Morgan fingerprint density at radius 1 is 0.848 bits per heavy atom. The van der Waals surface area contributed by atoms with Crippen molar-refractivity contribution >= 4 is 62.5 Å². The fourth-order valence-corrected chi connectivity index (χ4v) is 6.55. The summed E-state index contributed by atoms with van der Waals surface area (Å²) in [5.74, 6) is -0.477. The summed E-state index contributed by atoms with van der Waals surface area (Å²) in [4.78, 5) is 35.1. The van der Waals surface area contributed by atoms with Gasteiger partial charge in [0.1, 0.15) is 0 Å². The first-order valence-electron chi connectivity index (χ1n) is 11.5. The van der Waals surface area contributed by atoms with E-state index in [9.17, 15) is 9.59 Å². The van der Waals surface area contributed by atoms with E-state index in [1.54, 1.807) is 11.3 Å². The van der Waals surface area contributed by atoms with Crippen LogP contribution in [0.5, 0.6) is 0 Å². The van der Waals surface area contributed by atoms with Crippen LogP contribution in [0.4, 0.5) is 10.8 Å². The second-order valence-electron chi connectivity index (χ2n) is 8.70. The van der Waals surface area contributed by atoms with Crippen molar-refractivity contribution in [2.45, 2.75) is 38.5 Å². The molecule has 172 valence electrons. The molecule has 8 heteroatoms. The monoisotopic (exact) mass is 501 g/mol. The summed E-state index contributed by atoms with van der Waals surface area (Å²) >= 11 is 15.5. The molecular formula is C25H25Cl2N3O2S. The number of anilines is 2. The molecule has 33 heavy (non-hydrogen) atoms. The number of carbonyl (C=O) groups is 2. The summed E-state index contributed by atoms with van der Waals surface area (Å²) in [6.07, 6.45) is 12.7. The van der Waals surface area contributed by atoms with Crippen LogP contribution in [0.2, 0.25) is 10.0 Å². The largest absolute Gasteiger partial charge is 0.370 e. The molecule has 1 aromatic carbocycles. The molecular weight excluding hydrogens is 477 g/mol. The normalized spacial score (nSPS) is 19.3. The molecule has 0 bridgehead atoms. The smallest absolute Gasteiger partial charge is 0.186 e. The van der Waals surface area contributed by atoms with Gasteiger partial charge in [-0.25, -0.2) is 4.98 Å². The lowest BCUT2D eigenvalue weighted by atomic mass is 9.91. The van der Waals surface area contributed by atoms with E-state index in [4.69, 9.17) is 23.2 Å². The maximum Gasteiger partial charge on any atom is 0.186 e. The van der Waals surface area contributed by atoms with Crippen molar-refractivity contribution in [3.05, 3.63) is 46.1 Å². The Balaban J connectivity index is 1.66. The standard InChI is InChI=1S/C25H25Cl2N3O2S/c26-18-14-19(29-9-3-1-4-10-29)24(27)22(17-13-16(31)7-8-20(17)32)23(18)21-15-28-25(33-21)30-11-5-2-6-12-30/h7-8,13-15H,1-6,9-12H2.